The highest BCUT2D eigenvalue weighted by molar-refractivity contribution is 5.95. The second kappa shape index (κ2) is 4.58. The summed E-state index contributed by atoms with van der Waals surface area (Å²) < 4.78 is 10.2. The highest BCUT2D eigenvalue weighted by Crippen LogP contribution is 2.12. The first kappa shape index (κ1) is 11.0. The first-order valence-electron chi connectivity index (χ1n) is 5.09. The summed E-state index contributed by atoms with van der Waals surface area (Å²) in [5.41, 5.74) is 0. The number of aryl methyl sites for hydroxylation is 1. The van der Waals surface area contributed by atoms with Crippen LogP contribution in [0.5, 0.6) is 0 Å². The summed E-state index contributed by atoms with van der Waals surface area (Å²) in [6.07, 6.45) is 0. The number of likely N-dealkylation sites (N-methyl/N-ethyl adjacent to an activating group) is 1. The van der Waals surface area contributed by atoms with E-state index in [0.717, 1.165) is 0 Å². The van der Waals surface area contributed by atoms with Crippen LogP contribution in [0.1, 0.15) is 5.89 Å². The molecule has 0 aliphatic carbocycles. The zero-order valence-electron chi connectivity index (χ0n) is 9.27. The predicted molar refractivity (Wildman–Crippen MR) is 55.1 cm³/mol. The van der Waals surface area contributed by atoms with Crippen LogP contribution in [0, 0.1) is 6.92 Å². The summed E-state index contributed by atoms with van der Waals surface area (Å²) in [5.74, 6) is 0.642. The Morgan fingerprint density at radius 3 is 3.00 bits per heavy atom. The Morgan fingerprint density at radius 2 is 2.38 bits per heavy atom. The SMILES string of the molecule is CNC1COCCN(c2noc(C)n2)C1=O. The van der Waals surface area contributed by atoms with Crippen molar-refractivity contribution < 1.29 is 14.1 Å². The van der Waals surface area contributed by atoms with Crippen molar-refractivity contribution in [1.29, 1.82) is 0 Å². The standard InChI is InChI=1S/C9H14N4O3/c1-6-11-9(12-16-6)13-3-4-15-5-7(10-2)8(13)14/h7,10H,3-5H2,1-2H3. The average Bonchev–Trinajstić information content (AvgIpc) is 2.60. The molecule has 1 atom stereocenters. The molecule has 16 heavy (non-hydrogen) atoms. The van der Waals surface area contributed by atoms with Gasteiger partial charge in [-0.15, -0.1) is 0 Å². The minimum atomic E-state index is -0.360. The molecule has 1 aliphatic rings. The molecule has 1 aromatic heterocycles. The fourth-order valence-corrected chi connectivity index (χ4v) is 1.53. The molecule has 0 bridgehead atoms. The number of anilines is 1. The predicted octanol–water partition coefficient (Wildman–Crippen LogP) is -0.671. The van der Waals surface area contributed by atoms with Gasteiger partial charge in [0.05, 0.1) is 19.8 Å². The number of amides is 1. The van der Waals surface area contributed by atoms with Crippen LogP contribution < -0.4 is 10.2 Å². The van der Waals surface area contributed by atoms with Gasteiger partial charge in [0.1, 0.15) is 6.04 Å². The Balaban J connectivity index is 2.21. The molecule has 0 aromatic carbocycles. The molecule has 88 valence electrons. The average molecular weight is 226 g/mol. The lowest BCUT2D eigenvalue weighted by molar-refractivity contribution is -0.120. The summed E-state index contributed by atoms with van der Waals surface area (Å²) in [5, 5.41) is 6.63. The zero-order chi connectivity index (χ0) is 11.5. The van der Waals surface area contributed by atoms with E-state index in [0.29, 0.717) is 31.6 Å². The number of carbonyl (C=O) groups excluding carboxylic acids is 1. The number of aromatic nitrogens is 2. The molecule has 1 amide bonds. The van der Waals surface area contributed by atoms with Crippen molar-refractivity contribution in [1.82, 2.24) is 15.5 Å². The fraction of sp³-hybridized carbons (Fsp3) is 0.667. The van der Waals surface area contributed by atoms with Crippen LogP contribution in [0.4, 0.5) is 5.95 Å². The van der Waals surface area contributed by atoms with Gasteiger partial charge in [-0.3, -0.25) is 9.69 Å². The highest BCUT2D eigenvalue weighted by Gasteiger charge is 2.29. The summed E-state index contributed by atoms with van der Waals surface area (Å²) in [7, 11) is 1.72. The number of hydrogen-bond donors (Lipinski definition) is 1. The lowest BCUT2D eigenvalue weighted by atomic mass is 10.3. The van der Waals surface area contributed by atoms with Crippen molar-refractivity contribution in [2.24, 2.45) is 0 Å². The minimum Gasteiger partial charge on any atom is -0.377 e. The molecule has 2 rings (SSSR count). The molecule has 1 aromatic rings. The van der Waals surface area contributed by atoms with Crippen LogP contribution in [0.25, 0.3) is 0 Å². The van der Waals surface area contributed by atoms with Gasteiger partial charge in [0.25, 0.3) is 5.95 Å². The Labute approximate surface area is 92.7 Å². The third-order valence-corrected chi connectivity index (χ3v) is 2.41. The number of rotatable bonds is 2. The van der Waals surface area contributed by atoms with Crippen molar-refractivity contribution in [2.45, 2.75) is 13.0 Å². The van der Waals surface area contributed by atoms with E-state index >= 15 is 0 Å². The van der Waals surface area contributed by atoms with E-state index in [1.807, 2.05) is 0 Å². The van der Waals surface area contributed by atoms with Crippen LogP contribution in [-0.4, -0.2) is 48.9 Å². The first-order chi connectivity index (χ1) is 7.72. The van der Waals surface area contributed by atoms with Gasteiger partial charge in [0.15, 0.2) is 0 Å². The fourth-order valence-electron chi connectivity index (χ4n) is 1.53. The number of nitrogens with zero attached hydrogens (tertiary/aromatic N) is 3. The molecule has 1 N–H and O–H groups in total. The Bertz CT molecular complexity index is 379. The van der Waals surface area contributed by atoms with Gasteiger partial charge in [0, 0.05) is 6.92 Å². The molecule has 0 radical (unpaired) electrons. The highest BCUT2D eigenvalue weighted by atomic mass is 16.5. The van der Waals surface area contributed by atoms with Gasteiger partial charge in [-0.1, -0.05) is 0 Å². The summed E-state index contributed by atoms with van der Waals surface area (Å²) >= 11 is 0. The molecule has 7 nitrogen and oxygen atoms in total. The maximum absolute atomic E-state index is 12.0. The van der Waals surface area contributed by atoms with Gasteiger partial charge in [-0.05, 0) is 12.2 Å². The van der Waals surface area contributed by atoms with Gasteiger partial charge in [0.2, 0.25) is 11.8 Å². The van der Waals surface area contributed by atoms with Crippen molar-refractivity contribution in [3.63, 3.8) is 0 Å². The summed E-state index contributed by atoms with van der Waals surface area (Å²) in [6.45, 7) is 2.96. The molecule has 1 aliphatic heterocycles. The Morgan fingerprint density at radius 1 is 1.56 bits per heavy atom. The smallest absolute Gasteiger partial charge is 0.272 e. The normalized spacial score (nSPS) is 22.2. The number of carbonyl (C=O) groups is 1. The van der Waals surface area contributed by atoms with Crippen LogP contribution >= 0.6 is 0 Å². The monoisotopic (exact) mass is 226 g/mol. The van der Waals surface area contributed by atoms with E-state index in [9.17, 15) is 4.79 Å². The van der Waals surface area contributed by atoms with Crippen LogP contribution in [-0.2, 0) is 9.53 Å². The van der Waals surface area contributed by atoms with E-state index in [1.165, 1.54) is 4.90 Å². The van der Waals surface area contributed by atoms with Gasteiger partial charge >= 0.3 is 0 Å². The molecule has 2 heterocycles. The van der Waals surface area contributed by atoms with Crippen LogP contribution in [0.3, 0.4) is 0 Å². The Hall–Kier alpha value is -1.47. The van der Waals surface area contributed by atoms with Crippen molar-refractivity contribution in [3.8, 4) is 0 Å². The van der Waals surface area contributed by atoms with E-state index in [-0.39, 0.29) is 11.9 Å². The van der Waals surface area contributed by atoms with E-state index in [1.54, 1.807) is 14.0 Å². The molecule has 7 heteroatoms. The molecular weight excluding hydrogens is 212 g/mol. The van der Waals surface area contributed by atoms with Crippen LogP contribution in [0.2, 0.25) is 0 Å². The summed E-state index contributed by atoms with van der Waals surface area (Å²) in [4.78, 5) is 17.6. The zero-order valence-corrected chi connectivity index (χ0v) is 9.27. The molecule has 0 saturated carbocycles. The quantitative estimate of drug-likeness (QED) is 0.720. The maximum atomic E-state index is 12.0. The Kier molecular flexibility index (Phi) is 3.16. The van der Waals surface area contributed by atoms with Crippen LogP contribution in [0.15, 0.2) is 4.52 Å². The lowest BCUT2D eigenvalue weighted by Gasteiger charge is -2.18. The topological polar surface area (TPSA) is 80.5 Å². The van der Waals surface area contributed by atoms with Crippen molar-refractivity contribution in [2.75, 3.05) is 31.7 Å². The van der Waals surface area contributed by atoms with Crippen molar-refractivity contribution in [3.05, 3.63) is 5.89 Å². The molecule has 1 unspecified atom stereocenters. The summed E-state index contributed by atoms with van der Waals surface area (Å²) in [6, 6.07) is -0.360. The maximum Gasteiger partial charge on any atom is 0.272 e. The third-order valence-electron chi connectivity index (χ3n) is 2.41. The van der Waals surface area contributed by atoms with E-state index < -0.39 is 0 Å². The molecule has 1 saturated heterocycles. The van der Waals surface area contributed by atoms with Gasteiger partial charge < -0.3 is 14.6 Å². The largest absolute Gasteiger partial charge is 0.377 e. The molecule has 0 spiro atoms. The van der Waals surface area contributed by atoms with Gasteiger partial charge in [-0.2, -0.15) is 4.98 Å². The third kappa shape index (κ3) is 2.05. The lowest BCUT2D eigenvalue weighted by Crippen LogP contribution is -2.46. The van der Waals surface area contributed by atoms with Gasteiger partial charge in [-0.25, -0.2) is 0 Å². The first-order valence-corrected chi connectivity index (χ1v) is 5.09. The molecule has 1 fully saturated rings. The number of nitrogens with one attached hydrogen (secondary N) is 1. The minimum absolute atomic E-state index is 0.0965. The second-order valence-corrected chi connectivity index (χ2v) is 3.52. The van der Waals surface area contributed by atoms with E-state index in [2.05, 4.69) is 15.5 Å². The molecular formula is C9H14N4O3. The number of ether oxygens (including phenoxy) is 1. The second-order valence-electron chi connectivity index (χ2n) is 3.52. The van der Waals surface area contributed by atoms with E-state index in [4.69, 9.17) is 9.26 Å². The van der Waals surface area contributed by atoms with Crippen molar-refractivity contribution >= 4 is 11.9 Å². The number of hydrogen-bond acceptors (Lipinski definition) is 6.